The van der Waals surface area contributed by atoms with Gasteiger partial charge in [-0.3, -0.25) is 9.78 Å². The van der Waals surface area contributed by atoms with Crippen molar-refractivity contribution >= 4 is 28.6 Å². The van der Waals surface area contributed by atoms with E-state index in [0.29, 0.717) is 0 Å². The Bertz CT molecular complexity index is 617. The molecule has 0 fully saturated rings. The average molecular weight is 243 g/mol. The van der Waals surface area contributed by atoms with E-state index in [0.717, 1.165) is 4.68 Å². The number of hydrogen-bond donors (Lipinski definition) is 2. The van der Waals surface area contributed by atoms with Gasteiger partial charge in [0.1, 0.15) is 11.6 Å². The fourth-order valence-electron chi connectivity index (χ4n) is 1.34. The van der Waals surface area contributed by atoms with Crippen LogP contribution in [0, 0.1) is 0 Å². The summed E-state index contributed by atoms with van der Waals surface area (Å²) >= 11 is 5.56. The number of H-pyrrole nitrogens is 1. The highest BCUT2D eigenvalue weighted by molar-refractivity contribution is 6.28. The maximum atomic E-state index is 11.6. The normalized spacial score (nSPS) is 12.9. The van der Waals surface area contributed by atoms with Gasteiger partial charge in [-0.15, -0.1) is 0 Å². The fourth-order valence-corrected chi connectivity index (χ4v) is 1.52. The number of carbonyl (C=O) groups is 1. The number of halogens is 1. The number of hydrogen-bond acceptors (Lipinski definition) is 4. The molecule has 2 heterocycles. The number of aromatic nitrogens is 4. The van der Waals surface area contributed by atoms with Gasteiger partial charge in [0.05, 0.1) is 6.20 Å². The van der Waals surface area contributed by atoms with Crippen molar-refractivity contribution in [3.05, 3.63) is 21.8 Å². The quantitative estimate of drug-likeness (QED) is 0.743. The summed E-state index contributed by atoms with van der Waals surface area (Å²) in [5, 5.41) is 12.6. The number of nitrogens with zero attached hydrogens (tertiary/aromatic N) is 3. The third-order valence-electron chi connectivity index (χ3n) is 2.15. The van der Waals surface area contributed by atoms with Crippen molar-refractivity contribution in [3.8, 4) is 0 Å². The van der Waals surface area contributed by atoms with Gasteiger partial charge in [-0.25, -0.2) is 14.5 Å². The second-order valence-corrected chi connectivity index (χ2v) is 3.55. The van der Waals surface area contributed by atoms with E-state index in [1.807, 2.05) is 0 Å². The molecule has 0 aliphatic rings. The molecule has 0 aromatic carbocycles. The molecule has 0 saturated carbocycles. The van der Waals surface area contributed by atoms with Gasteiger partial charge in [0.15, 0.2) is 5.52 Å². The molecule has 8 heteroatoms. The molecule has 0 spiro atoms. The molecule has 1 atom stereocenters. The SMILES string of the molecule is CC(C(=O)O)n1ncc2nc(Cl)[nH]c(=O)c21. The Hall–Kier alpha value is -1.89. The molecule has 7 nitrogen and oxygen atoms in total. The summed E-state index contributed by atoms with van der Waals surface area (Å²) in [5.41, 5.74) is -0.151. The molecular formula is C8H7ClN4O3. The maximum Gasteiger partial charge on any atom is 0.328 e. The smallest absolute Gasteiger partial charge is 0.328 e. The van der Waals surface area contributed by atoms with Crippen LogP contribution in [0.5, 0.6) is 0 Å². The van der Waals surface area contributed by atoms with Crippen LogP contribution in [0.4, 0.5) is 0 Å². The Labute approximate surface area is 93.7 Å². The lowest BCUT2D eigenvalue weighted by Crippen LogP contribution is -2.21. The van der Waals surface area contributed by atoms with E-state index >= 15 is 0 Å². The first-order chi connectivity index (χ1) is 7.50. The standard InChI is InChI=1S/C8H7ClN4O3/c1-3(7(15)16)13-5-4(2-10-13)11-8(9)12-6(5)14/h2-3H,1H3,(H,15,16)(H,11,12,14). The van der Waals surface area contributed by atoms with Gasteiger partial charge in [-0.1, -0.05) is 0 Å². The molecule has 0 aliphatic carbocycles. The van der Waals surface area contributed by atoms with E-state index in [1.165, 1.54) is 13.1 Å². The minimum absolute atomic E-state index is 0.0555. The van der Waals surface area contributed by atoms with Crippen LogP contribution in [0.1, 0.15) is 13.0 Å². The third kappa shape index (κ3) is 1.54. The lowest BCUT2D eigenvalue weighted by atomic mass is 10.3. The highest BCUT2D eigenvalue weighted by Crippen LogP contribution is 2.13. The summed E-state index contributed by atoms with van der Waals surface area (Å²) in [4.78, 5) is 28.5. The Kier molecular flexibility index (Phi) is 2.39. The van der Waals surface area contributed by atoms with Gasteiger partial charge in [0, 0.05) is 0 Å². The molecule has 0 amide bonds. The molecule has 0 aliphatic heterocycles. The molecule has 2 aromatic heterocycles. The van der Waals surface area contributed by atoms with Gasteiger partial charge in [-0.05, 0) is 18.5 Å². The van der Waals surface area contributed by atoms with Crippen LogP contribution in [-0.4, -0.2) is 30.8 Å². The molecule has 2 aromatic rings. The molecule has 84 valence electrons. The highest BCUT2D eigenvalue weighted by atomic mass is 35.5. The zero-order chi connectivity index (χ0) is 11.9. The van der Waals surface area contributed by atoms with Crippen molar-refractivity contribution in [2.75, 3.05) is 0 Å². The summed E-state index contributed by atoms with van der Waals surface area (Å²) < 4.78 is 1.10. The largest absolute Gasteiger partial charge is 0.480 e. The summed E-state index contributed by atoms with van der Waals surface area (Å²) in [6.45, 7) is 1.42. The zero-order valence-corrected chi connectivity index (χ0v) is 8.89. The van der Waals surface area contributed by atoms with E-state index in [1.54, 1.807) is 0 Å². The molecule has 0 radical (unpaired) electrons. The monoisotopic (exact) mass is 242 g/mol. The predicted molar refractivity (Wildman–Crippen MR) is 55.5 cm³/mol. The first-order valence-corrected chi connectivity index (χ1v) is 4.74. The van der Waals surface area contributed by atoms with Crippen molar-refractivity contribution in [1.29, 1.82) is 0 Å². The van der Waals surface area contributed by atoms with Crippen molar-refractivity contribution in [3.63, 3.8) is 0 Å². The number of rotatable bonds is 2. The number of carboxylic acids is 1. The van der Waals surface area contributed by atoms with E-state index in [-0.39, 0.29) is 16.3 Å². The molecule has 0 saturated heterocycles. The Morgan fingerprint density at radius 2 is 2.38 bits per heavy atom. The topological polar surface area (TPSA) is 101 Å². The van der Waals surface area contributed by atoms with Gasteiger partial charge in [0.25, 0.3) is 5.56 Å². The second kappa shape index (κ2) is 3.60. The second-order valence-electron chi connectivity index (χ2n) is 3.19. The number of carboxylic acid groups (broad SMARTS) is 1. The van der Waals surface area contributed by atoms with Gasteiger partial charge < -0.3 is 5.11 Å². The third-order valence-corrected chi connectivity index (χ3v) is 2.33. The van der Waals surface area contributed by atoms with Crippen LogP contribution in [0.15, 0.2) is 11.0 Å². The van der Waals surface area contributed by atoms with E-state index in [4.69, 9.17) is 16.7 Å². The van der Waals surface area contributed by atoms with Crippen molar-refractivity contribution < 1.29 is 9.90 Å². The summed E-state index contributed by atoms with van der Waals surface area (Å²) in [5.74, 6) is -1.08. The van der Waals surface area contributed by atoms with E-state index < -0.39 is 17.6 Å². The summed E-state index contributed by atoms with van der Waals surface area (Å²) in [6, 6.07) is -0.943. The van der Waals surface area contributed by atoms with Crippen LogP contribution < -0.4 is 5.56 Å². The average Bonchev–Trinajstić information content (AvgIpc) is 2.59. The number of aliphatic carboxylic acids is 1. The zero-order valence-electron chi connectivity index (χ0n) is 8.14. The minimum atomic E-state index is -1.08. The van der Waals surface area contributed by atoms with Crippen LogP contribution >= 0.6 is 11.6 Å². The maximum absolute atomic E-state index is 11.6. The van der Waals surface area contributed by atoms with Crippen molar-refractivity contribution in [1.82, 2.24) is 19.7 Å². The lowest BCUT2D eigenvalue weighted by Gasteiger charge is -2.06. The van der Waals surface area contributed by atoms with Crippen LogP contribution in [0.3, 0.4) is 0 Å². The van der Waals surface area contributed by atoms with Crippen LogP contribution in [0.25, 0.3) is 11.0 Å². The molecule has 2 rings (SSSR count). The Morgan fingerprint density at radius 3 is 3.00 bits per heavy atom. The lowest BCUT2D eigenvalue weighted by molar-refractivity contribution is -0.140. The minimum Gasteiger partial charge on any atom is -0.480 e. The molecule has 0 bridgehead atoms. The molecule has 16 heavy (non-hydrogen) atoms. The highest BCUT2D eigenvalue weighted by Gasteiger charge is 2.19. The molecule has 2 N–H and O–H groups in total. The predicted octanol–water partition coefficient (Wildman–Crippen LogP) is 0.419. The summed E-state index contributed by atoms with van der Waals surface area (Å²) in [6.07, 6.45) is 1.30. The van der Waals surface area contributed by atoms with Gasteiger partial charge in [0.2, 0.25) is 5.28 Å². The molecule has 1 unspecified atom stereocenters. The fraction of sp³-hybridized carbons (Fsp3) is 0.250. The first-order valence-electron chi connectivity index (χ1n) is 4.36. The van der Waals surface area contributed by atoms with Gasteiger partial charge in [-0.2, -0.15) is 5.10 Å². The Morgan fingerprint density at radius 1 is 1.69 bits per heavy atom. The van der Waals surface area contributed by atoms with Crippen molar-refractivity contribution in [2.45, 2.75) is 13.0 Å². The van der Waals surface area contributed by atoms with E-state index in [2.05, 4.69) is 15.1 Å². The van der Waals surface area contributed by atoms with E-state index in [9.17, 15) is 9.59 Å². The number of fused-ring (bicyclic) bond motifs is 1. The number of nitrogens with one attached hydrogen (secondary N) is 1. The van der Waals surface area contributed by atoms with Crippen LogP contribution in [-0.2, 0) is 4.79 Å². The van der Waals surface area contributed by atoms with Gasteiger partial charge >= 0.3 is 5.97 Å². The number of aromatic amines is 1. The summed E-state index contributed by atoms with van der Waals surface area (Å²) in [7, 11) is 0. The molecular weight excluding hydrogens is 236 g/mol. The Balaban J connectivity index is 2.74. The van der Waals surface area contributed by atoms with Crippen molar-refractivity contribution in [2.24, 2.45) is 0 Å². The van der Waals surface area contributed by atoms with Crippen LogP contribution in [0.2, 0.25) is 5.28 Å². The first kappa shape index (κ1) is 10.6.